The number of nitrogens with one attached hydrogen (secondary N) is 1. The van der Waals surface area contributed by atoms with Gasteiger partial charge in [-0.1, -0.05) is 12.2 Å². The Bertz CT molecular complexity index is 1060. The van der Waals surface area contributed by atoms with Gasteiger partial charge in [-0.2, -0.15) is 18.3 Å². The van der Waals surface area contributed by atoms with E-state index in [1.54, 1.807) is 0 Å². The monoisotopic (exact) mass is 435 g/mol. The Kier molecular flexibility index (Phi) is 5.42. The molecular weight excluding hydrogens is 415 g/mol. The summed E-state index contributed by atoms with van der Waals surface area (Å²) in [7, 11) is 0. The minimum Gasteiger partial charge on any atom is -0.475 e. The van der Waals surface area contributed by atoms with Crippen LogP contribution in [0, 0.1) is 0 Å². The molecule has 0 spiro atoms. The number of aliphatic carboxylic acids is 1. The van der Waals surface area contributed by atoms with Gasteiger partial charge in [0.15, 0.2) is 0 Å². The van der Waals surface area contributed by atoms with Gasteiger partial charge in [0.1, 0.15) is 11.5 Å². The van der Waals surface area contributed by atoms with Crippen LogP contribution < -0.4 is 10.2 Å². The van der Waals surface area contributed by atoms with Gasteiger partial charge in [-0.05, 0) is 30.9 Å². The number of rotatable bonds is 1. The lowest BCUT2D eigenvalue weighted by atomic mass is 9.90. The maximum Gasteiger partial charge on any atom is 0.490 e. The molecule has 4 heterocycles. The van der Waals surface area contributed by atoms with E-state index in [0.717, 1.165) is 67.2 Å². The Balaban J connectivity index is 0.000000289. The van der Waals surface area contributed by atoms with E-state index in [-0.39, 0.29) is 5.91 Å². The van der Waals surface area contributed by atoms with E-state index in [9.17, 15) is 18.0 Å². The van der Waals surface area contributed by atoms with Gasteiger partial charge < -0.3 is 15.3 Å². The SMILES string of the molecule is O=C(O)C(F)(F)F.O=C1NCCn2nc3c(c21)CCc1cnc(N2CC=CCC2)cc1-3. The fraction of sp³-hybridized carbons (Fsp3) is 0.400. The van der Waals surface area contributed by atoms with Crippen LogP contribution in [0.4, 0.5) is 19.0 Å². The molecule has 8 nitrogen and oxygen atoms in total. The molecule has 1 aliphatic carbocycles. The van der Waals surface area contributed by atoms with E-state index < -0.39 is 12.1 Å². The number of hydrogen-bond acceptors (Lipinski definition) is 5. The maximum absolute atomic E-state index is 12.2. The first kappa shape index (κ1) is 20.9. The second kappa shape index (κ2) is 8.05. The number of aryl methyl sites for hydroxylation is 1. The molecular formula is C20H20F3N5O3. The lowest BCUT2D eigenvalue weighted by Crippen LogP contribution is -2.36. The summed E-state index contributed by atoms with van der Waals surface area (Å²) < 4.78 is 33.6. The predicted octanol–water partition coefficient (Wildman–Crippen LogP) is 2.19. The van der Waals surface area contributed by atoms with Gasteiger partial charge in [0, 0.05) is 37.0 Å². The molecule has 2 aromatic heterocycles. The number of alkyl halides is 3. The first-order chi connectivity index (χ1) is 14.8. The quantitative estimate of drug-likeness (QED) is 0.666. The Labute approximate surface area is 175 Å². The normalized spacial score (nSPS) is 17.0. The van der Waals surface area contributed by atoms with E-state index in [0.29, 0.717) is 6.54 Å². The summed E-state index contributed by atoms with van der Waals surface area (Å²) in [6, 6.07) is 2.16. The Hall–Kier alpha value is -3.37. The Morgan fingerprint density at radius 1 is 1.19 bits per heavy atom. The molecule has 31 heavy (non-hydrogen) atoms. The lowest BCUT2D eigenvalue weighted by molar-refractivity contribution is -0.192. The largest absolute Gasteiger partial charge is 0.490 e. The van der Waals surface area contributed by atoms with Crippen LogP contribution in [0.5, 0.6) is 0 Å². The number of carbonyl (C=O) groups is 2. The van der Waals surface area contributed by atoms with Gasteiger partial charge in [0.2, 0.25) is 0 Å². The molecule has 0 fully saturated rings. The number of anilines is 1. The molecule has 164 valence electrons. The van der Waals surface area contributed by atoms with Gasteiger partial charge in [-0.15, -0.1) is 0 Å². The van der Waals surface area contributed by atoms with Crippen molar-refractivity contribution >= 4 is 17.7 Å². The topological polar surface area (TPSA) is 100 Å². The number of fused-ring (bicyclic) bond motifs is 5. The first-order valence-electron chi connectivity index (χ1n) is 9.83. The summed E-state index contributed by atoms with van der Waals surface area (Å²) in [5, 5.41) is 14.8. The number of nitrogens with zero attached hydrogens (tertiary/aromatic N) is 4. The van der Waals surface area contributed by atoms with Crippen LogP contribution in [0.25, 0.3) is 11.3 Å². The summed E-state index contributed by atoms with van der Waals surface area (Å²) in [6.07, 6.45) is 4.15. The summed E-state index contributed by atoms with van der Waals surface area (Å²) in [4.78, 5) is 28.1. The molecule has 0 radical (unpaired) electrons. The standard InChI is InChI=1S/C18H19N5O.C2HF3O2/c24-18-17-13-5-4-12-11-20-15(22-7-2-1-3-8-22)10-14(12)16(13)21-23(17)9-6-19-18;3-2(4,5)1(6)7/h1-2,10-11H,3-9H2,(H,19,24);(H,6,7). The molecule has 0 saturated carbocycles. The molecule has 0 aromatic carbocycles. The number of aromatic nitrogens is 3. The van der Waals surface area contributed by atoms with Crippen molar-refractivity contribution in [2.75, 3.05) is 24.5 Å². The second-order valence-corrected chi connectivity index (χ2v) is 7.36. The molecule has 3 aliphatic rings. The maximum atomic E-state index is 12.2. The van der Waals surface area contributed by atoms with Crippen molar-refractivity contribution in [3.63, 3.8) is 0 Å². The van der Waals surface area contributed by atoms with Crippen molar-refractivity contribution in [2.24, 2.45) is 0 Å². The lowest BCUT2D eigenvalue weighted by Gasteiger charge is -2.26. The van der Waals surface area contributed by atoms with Crippen molar-refractivity contribution in [1.82, 2.24) is 20.1 Å². The van der Waals surface area contributed by atoms with E-state index >= 15 is 0 Å². The molecule has 0 saturated heterocycles. The van der Waals surface area contributed by atoms with Crippen LogP contribution in [0.1, 0.15) is 28.0 Å². The van der Waals surface area contributed by atoms with Gasteiger partial charge in [0.25, 0.3) is 5.91 Å². The zero-order chi connectivity index (χ0) is 22.2. The van der Waals surface area contributed by atoms with Gasteiger partial charge in [-0.25, -0.2) is 9.78 Å². The smallest absolute Gasteiger partial charge is 0.475 e. The minimum atomic E-state index is -5.08. The highest BCUT2D eigenvalue weighted by Crippen LogP contribution is 2.36. The molecule has 0 unspecified atom stereocenters. The second-order valence-electron chi connectivity index (χ2n) is 7.36. The van der Waals surface area contributed by atoms with Gasteiger partial charge in [0.05, 0.1) is 12.2 Å². The van der Waals surface area contributed by atoms with Crippen LogP contribution in [0.2, 0.25) is 0 Å². The highest BCUT2D eigenvalue weighted by Gasteiger charge is 2.38. The van der Waals surface area contributed by atoms with Crippen LogP contribution in [0.3, 0.4) is 0 Å². The molecule has 2 aromatic rings. The molecule has 0 bridgehead atoms. The number of pyridine rings is 1. The van der Waals surface area contributed by atoms with Crippen molar-refractivity contribution in [2.45, 2.75) is 32.0 Å². The third-order valence-corrected chi connectivity index (χ3v) is 5.37. The fourth-order valence-electron chi connectivity index (χ4n) is 3.90. The Morgan fingerprint density at radius 3 is 2.65 bits per heavy atom. The fourth-order valence-corrected chi connectivity index (χ4v) is 3.90. The zero-order valence-corrected chi connectivity index (χ0v) is 16.4. The van der Waals surface area contributed by atoms with Crippen LogP contribution >= 0.6 is 0 Å². The number of halogens is 3. The first-order valence-corrected chi connectivity index (χ1v) is 9.83. The zero-order valence-electron chi connectivity index (χ0n) is 16.4. The van der Waals surface area contributed by atoms with Gasteiger partial charge >= 0.3 is 12.1 Å². The minimum absolute atomic E-state index is 0.00824. The van der Waals surface area contributed by atoms with Crippen LogP contribution in [0.15, 0.2) is 24.4 Å². The van der Waals surface area contributed by atoms with Crippen LogP contribution in [-0.4, -0.2) is 57.6 Å². The van der Waals surface area contributed by atoms with Crippen molar-refractivity contribution in [3.05, 3.63) is 41.2 Å². The number of hydrogen-bond donors (Lipinski definition) is 2. The average molecular weight is 435 g/mol. The predicted molar refractivity (Wildman–Crippen MR) is 105 cm³/mol. The summed E-state index contributed by atoms with van der Waals surface area (Å²) in [5.41, 5.74) is 5.19. The molecule has 0 atom stereocenters. The molecule has 11 heteroatoms. The van der Waals surface area contributed by atoms with E-state index in [2.05, 4.69) is 33.4 Å². The molecule has 2 aliphatic heterocycles. The van der Waals surface area contributed by atoms with Gasteiger partial charge in [-0.3, -0.25) is 9.48 Å². The summed E-state index contributed by atoms with van der Waals surface area (Å²) >= 11 is 0. The van der Waals surface area contributed by atoms with Crippen LogP contribution in [-0.2, 0) is 24.2 Å². The van der Waals surface area contributed by atoms with E-state index in [4.69, 9.17) is 15.0 Å². The van der Waals surface area contributed by atoms with Crippen molar-refractivity contribution < 1.29 is 27.9 Å². The third kappa shape index (κ3) is 4.12. The van der Waals surface area contributed by atoms with E-state index in [1.165, 1.54) is 5.56 Å². The number of carbonyl (C=O) groups excluding carboxylic acids is 1. The number of carboxylic acid groups (broad SMARTS) is 1. The summed E-state index contributed by atoms with van der Waals surface area (Å²) in [5.74, 6) is -1.75. The molecule has 1 amide bonds. The van der Waals surface area contributed by atoms with Crippen molar-refractivity contribution in [1.29, 1.82) is 0 Å². The van der Waals surface area contributed by atoms with Crippen molar-refractivity contribution in [3.8, 4) is 11.3 Å². The van der Waals surface area contributed by atoms with E-state index in [1.807, 2.05) is 10.9 Å². The molecule has 2 N–H and O–H groups in total. The highest BCUT2D eigenvalue weighted by atomic mass is 19.4. The Morgan fingerprint density at radius 2 is 1.97 bits per heavy atom. The number of amides is 1. The summed E-state index contributed by atoms with van der Waals surface area (Å²) in [6.45, 7) is 3.30. The molecule has 5 rings (SSSR count). The number of carboxylic acids is 1. The average Bonchev–Trinajstić information content (AvgIpc) is 3.14. The highest BCUT2D eigenvalue weighted by molar-refractivity contribution is 5.97. The third-order valence-electron chi connectivity index (χ3n) is 5.37.